The van der Waals surface area contributed by atoms with Crippen LogP contribution in [0.1, 0.15) is 37.4 Å². The minimum absolute atomic E-state index is 0.172. The van der Waals surface area contributed by atoms with E-state index in [1.807, 2.05) is 38.1 Å². The molecule has 3 aromatic carbocycles. The Morgan fingerprint density at radius 1 is 0.892 bits per heavy atom. The molecule has 0 bridgehead atoms. The van der Waals surface area contributed by atoms with Gasteiger partial charge in [0.2, 0.25) is 5.91 Å². The van der Waals surface area contributed by atoms with E-state index in [1.165, 1.54) is 36.4 Å². The number of primary amides is 1. The van der Waals surface area contributed by atoms with Crippen molar-refractivity contribution in [1.82, 2.24) is 5.32 Å². The summed E-state index contributed by atoms with van der Waals surface area (Å²) in [5, 5.41) is 3.26. The molecule has 3 N–H and O–H groups in total. The highest BCUT2D eigenvalue weighted by Crippen LogP contribution is 2.30. The standard InChI is InChI=1S/C27H29F3N2O4S/c1-17(2)16-24(26(31)33)32-25(21-8-12-22(13-9-21)36-27(28,29)30)20-6-4-18(5-7-20)19-10-14-23(15-11-19)37(3,34)35/h4-15,17,24-25,32H,16H2,1-3H3,(H2,31,33)/t24-,25-/m0/s1. The molecule has 3 aromatic rings. The number of benzene rings is 3. The first-order chi connectivity index (χ1) is 17.2. The summed E-state index contributed by atoms with van der Waals surface area (Å²) in [6.45, 7) is 3.92. The van der Waals surface area contributed by atoms with E-state index in [2.05, 4.69) is 10.1 Å². The molecule has 198 valence electrons. The minimum Gasteiger partial charge on any atom is -0.406 e. The third kappa shape index (κ3) is 8.06. The van der Waals surface area contributed by atoms with Crippen molar-refractivity contribution in [2.45, 2.75) is 43.6 Å². The number of amides is 1. The number of ether oxygens (including phenoxy) is 1. The van der Waals surface area contributed by atoms with Crippen molar-refractivity contribution in [1.29, 1.82) is 0 Å². The van der Waals surface area contributed by atoms with Crippen LogP contribution in [0, 0.1) is 5.92 Å². The molecule has 3 rings (SSSR count). The lowest BCUT2D eigenvalue weighted by Gasteiger charge is -2.26. The quantitative estimate of drug-likeness (QED) is 0.371. The molecule has 0 radical (unpaired) electrons. The van der Waals surface area contributed by atoms with Gasteiger partial charge >= 0.3 is 6.36 Å². The summed E-state index contributed by atoms with van der Waals surface area (Å²) >= 11 is 0. The first-order valence-electron chi connectivity index (χ1n) is 11.5. The van der Waals surface area contributed by atoms with Crippen LogP contribution in [0.5, 0.6) is 5.75 Å². The Bertz CT molecular complexity index is 1310. The van der Waals surface area contributed by atoms with Crippen molar-refractivity contribution in [3.8, 4) is 16.9 Å². The lowest BCUT2D eigenvalue weighted by atomic mass is 9.94. The van der Waals surface area contributed by atoms with E-state index in [0.29, 0.717) is 12.0 Å². The van der Waals surface area contributed by atoms with Gasteiger partial charge in [-0.05, 0) is 58.9 Å². The van der Waals surface area contributed by atoms with Gasteiger partial charge in [0, 0.05) is 6.26 Å². The highest BCUT2D eigenvalue weighted by Gasteiger charge is 2.31. The topological polar surface area (TPSA) is 98.5 Å². The second-order valence-corrected chi connectivity index (χ2v) is 11.2. The van der Waals surface area contributed by atoms with Crippen LogP contribution in [-0.2, 0) is 14.6 Å². The molecule has 0 fully saturated rings. The first kappa shape index (κ1) is 28.2. The average Bonchev–Trinajstić information content (AvgIpc) is 2.81. The van der Waals surface area contributed by atoms with Crippen molar-refractivity contribution in [3.05, 3.63) is 83.9 Å². The molecular weight excluding hydrogens is 505 g/mol. The van der Waals surface area contributed by atoms with Crippen molar-refractivity contribution in [2.24, 2.45) is 11.7 Å². The Labute approximate surface area is 214 Å². The van der Waals surface area contributed by atoms with Gasteiger partial charge in [-0.2, -0.15) is 0 Å². The Hall–Kier alpha value is -3.37. The van der Waals surface area contributed by atoms with E-state index in [1.54, 1.807) is 12.1 Å². The molecule has 2 atom stereocenters. The number of hydrogen-bond acceptors (Lipinski definition) is 5. The Balaban J connectivity index is 1.94. The number of alkyl halides is 3. The van der Waals surface area contributed by atoms with Crippen LogP contribution in [0.15, 0.2) is 77.7 Å². The lowest BCUT2D eigenvalue weighted by Crippen LogP contribution is -2.44. The zero-order valence-electron chi connectivity index (χ0n) is 20.6. The van der Waals surface area contributed by atoms with E-state index in [-0.39, 0.29) is 16.6 Å². The van der Waals surface area contributed by atoms with Crippen LogP contribution in [-0.4, -0.2) is 33.0 Å². The molecule has 0 aliphatic rings. The minimum atomic E-state index is -4.80. The molecule has 0 heterocycles. The fourth-order valence-corrected chi connectivity index (χ4v) is 4.58. The van der Waals surface area contributed by atoms with Crippen molar-refractivity contribution in [3.63, 3.8) is 0 Å². The zero-order chi connectivity index (χ0) is 27.4. The lowest BCUT2D eigenvalue weighted by molar-refractivity contribution is -0.274. The molecule has 0 aromatic heterocycles. The third-order valence-electron chi connectivity index (χ3n) is 5.73. The Morgan fingerprint density at radius 2 is 1.35 bits per heavy atom. The van der Waals surface area contributed by atoms with Crippen molar-refractivity contribution in [2.75, 3.05) is 6.26 Å². The summed E-state index contributed by atoms with van der Waals surface area (Å²) in [6.07, 6.45) is -3.18. The summed E-state index contributed by atoms with van der Waals surface area (Å²) in [6, 6.07) is 18.1. The largest absolute Gasteiger partial charge is 0.573 e. The zero-order valence-corrected chi connectivity index (χ0v) is 21.4. The molecule has 6 nitrogen and oxygen atoms in total. The number of halogens is 3. The second kappa shape index (κ2) is 11.4. The maximum absolute atomic E-state index is 12.6. The van der Waals surface area contributed by atoms with E-state index in [0.717, 1.165) is 22.9 Å². The van der Waals surface area contributed by atoms with Gasteiger partial charge < -0.3 is 10.5 Å². The van der Waals surface area contributed by atoms with Gasteiger partial charge in [0.15, 0.2) is 9.84 Å². The Kier molecular flexibility index (Phi) is 8.65. The summed E-state index contributed by atoms with van der Waals surface area (Å²) in [4.78, 5) is 12.4. The number of carbonyl (C=O) groups excluding carboxylic acids is 1. The number of sulfone groups is 1. The second-order valence-electron chi connectivity index (χ2n) is 9.22. The number of carbonyl (C=O) groups is 1. The number of nitrogens with one attached hydrogen (secondary N) is 1. The monoisotopic (exact) mass is 534 g/mol. The molecule has 0 saturated heterocycles. The third-order valence-corrected chi connectivity index (χ3v) is 6.85. The number of rotatable bonds is 10. The van der Waals surface area contributed by atoms with Gasteiger partial charge in [-0.3, -0.25) is 10.1 Å². The molecule has 0 saturated carbocycles. The van der Waals surface area contributed by atoms with Crippen LogP contribution in [0.25, 0.3) is 11.1 Å². The number of nitrogens with two attached hydrogens (primary N) is 1. The SMILES string of the molecule is CC(C)C[C@H](N[C@H](c1ccc(OC(F)(F)F)cc1)c1ccc(-c2ccc(S(C)(=O)=O)cc2)cc1)C(N)=O. The van der Waals surface area contributed by atoms with Gasteiger partial charge in [-0.25, -0.2) is 8.42 Å². The van der Waals surface area contributed by atoms with E-state index in [9.17, 15) is 26.4 Å². The molecule has 0 aliphatic carbocycles. The highest BCUT2D eigenvalue weighted by molar-refractivity contribution is 7.90. The number of hydrogen-bond donors (Lipinski definition) is 2. The summed E-state index contributed by atoms with van der Waals surface area (Å²) in [5.74, 6) is -0.708. The van der Waals surface area contributed by atoms with Crippen LogP contribution < -0.4 is 15.8 Å². The average molecular weight is 535 g/mol. The predicted octanol–water partition coefficient (Wildman–Crippen LogP) is 5.23. The van der Waals surface area contributed by atoms with Gasteiger partial charge in [0.05, 0.1) is 17.0 Å². The van der Waals surface area contributed by atoms with Gasteiger partial charge in [-0.1, -0.05) is 62.4 Å². The molecule has 0 aliphatic heterocycles. The smallest absolute Gasteiger partial charge is 0.406 e. The maximum Gasteiger partial charge on any atom is 0.573 e. The maximum atomic E-state index is 12.6. The summed E-state index contributed by atoms with van der Waals surface area (Å²) < 4.78 is 65.2. The van der Waals surface area contributed by atoms with Crippen LogP contribution in [0.4, 0.5) is 13.2 Å². The fraction of sp³-hybridized carbons (Fsp3) is 0.296. The fourth-order valence-electron chi connectivity index (χ4n) is 3.95. The molecule has 10 heteroatoms. The molecular formula is C27H29F3N2O4S. The van der Waals surface area contributed by atoms with Gasteiger partial charge in [0.1, 0.15) is 5.75 Å². The van der Waals surface area contributed by atoms with Crippen molar-refractivity contribution < 1.29 is 31.1 Å². The van der Waals surface area contributed by atoms with Crippen LogP contribution in [0.3, 0.4) is 0 Å². The Morgan fingerprint density at radius 3 is 1.76 bits per heavy atom. The van der Waals surface area contributed by atoms with E-state index >= 15 is 0 Å². The summed E-state index contributed by atoms with van der Waals surface area (Å²) in [7, 11) is -3.31. The van der Waals surface area contributed by atoms with E-state index in [4.69, 9.17) is 5.73 Å². The van der Waals surface area contributed by atoms with Crippen LogP contribution in [0.2, 0.25) is 0 Å². The van der Waals surface area contributed by atoms with Gasteiger partial charge in [0.25, 0.3) is 0 Å². The van der Waals surface area contributed by atoms with Crippen molar-refractivity contribution >= 4 is 15.7 Å². The molecule has 0 spiro atoms. The summed E-state index contributed by atoms with van der Waals surface area (Å²) in [5.41, 5.74) is 8.67. The highest BCUT2D eigenvalue weighted by atomic mass is 32.2. The van der Waals surface area contributed by atoms with E-state index < -0.39 is 34.2 Å². The normalized spacial score (nSPS) is 13.8. The molecule has 1 amide bonds. The van der Waals surface area contributed by atoms with Gasteiger partial charge in [-0.15, -0.1) is 13.2 Å². The molecule has 37 heavy (non-hydrogen) atoms. The first-order valence-corrected chi connectivity index (χ1v) is 13.4. The predicted molar refractivity (Wildman–Crippen MR) is 136 cm³/mol. The molecule has 0 unspecified atom stereocenters. The van der Waals surface area contributed by atoms with Crippen LogP contribution >= 0.6 is 0 Å².